The molecule has 0 saturated carbocycles. The molecule has 0 aromatic heterocycles. The summed E-state index contributed by atoms with van der Waals surface area (Å²) >= 11 is 6.45. The van der Waals surface area contributed by atoms with E-state index in [-0.39, 0.29) is 39.8 Å². The zero-order valence-corrected chi connectivity index (χ0v) is 27.3. The molecule has 252 valence electrons. The van der Waals surface area contributed by atoms with E-state index in [0.29, 0.717) is 9.87 Å². The van der Waals surface area contributed by atoms with Crippen molar-refractivity contribution in [2.45, 2.75) is 42.4 Å². The molecule has 0 spiro atoms. The number of alkyl halides is 4. The van der Waals surface area contributed by atoms with Crippen LogP contribution in [0.15, 0.2) is 59.5 Å². The number of hydrogen-bond donors (Lipinski definition) is 0. The number of halogens is 5. The van der Waals surface area contributed by atoms with Gasteiger partial charge in [0.15, 0.2) is 11.3 Å². The summed E-state index contributed by atoms with van der Waals surface area (Å²) in [4.78, 5) is 30.3. The van der Waals surface area contributed by atoms with Crippen LogP contribution in [0.1, 0.15) is 23.1 Å². The van der Waals surface area contributed by atoms with Gasteiger partial charge in [-0.1, -0.05) is 23.2 Å². The molecule has 3 atom stereocenters. The van der Waals surface area contributed by atoms with Crippen molar-refractivity contribution in [3.05, 3.63) is 76.3 Å². The number of amides is 2. The fourth-order valence-corrected chi connectivity index (χ4v) is 7.93. The van der Waals surface area contributed by atoms with E-state index in [0.717, 1.165) is 25.3 Å². The molecular weight excluding hydrogens is 670 g/mol. The minimum Gasteiger partial charge on any atom is -0.497 e. The van der Waals surface area contributed by atoms with E-state index in [2.05, 4.69) is 4.74 Å². The van der Waals surface area contributed by atoms with Crippen molar-refractivity contribution in [3.8, 4) is 17.2 Å². The first kappa shape index (κ1) is 34.3. The first-order chi connectivity index (χ1) is 22.0. The summed E-state index contributed by atoms with van der Waals surface area (Å²) in [5.74, 6) is -3.00. The number of benzene rings is 3. The van der Waals surface area contributed by atoms with Crippen molar-refractivity contribution in [3.63, 3.8) is 0 Å². The lowest BCUT2D eigenvalue weighted by molar-refractivity contribution is -0.275. The van der Waals surface area contributed by atoms with Crippen LogP contribution in [0.4, 0.5) is 23.2 Å². The molecule has 0 N–H and O–H groups in total. The Hall–Kier alpha value is -4.08. The Balaban J connectivity index is 1.87. The summed E-state index contributed by atoms with van der Waals surface area (Å²) in [5.41, 5.74) is -1.94. The van der Waals surface area contributed by atoms with Gasteiger partial charge in [0.2, 0.25) is 5.91 Å². The molecule has 1 saturated heterocycles. The number of nitrogens with zero attached hydrogens (tertiary/aromatic N) is 3. The molecular formula is C31H30ClF4N3O7S. The van der Waals surface area contributed by atoms with Crippen molar-refractivity contribution in [2.24, 2.45) is 0 Å². The molecule has 2 heterocycles. The highest BCUT2D eigenvalue weighted by Crippen LogP contribution is 2.55. The summed E-state index contributed by atoms with van der Waals surface area (Å²) < 4.78 is 100. The Morgan fingerprint density at radius 1 is 1.00 bits per heavy atom. The molecule has 1 unspecified atom stereocenters. The molecule has 0 bridgehead atoms. The van der Waals surface area contributed by atoms with E-state index >= 15 is 9.18 Å². The number of ether oxygens (including phenoxy) is 3. The summed E-state index contributed by atoms with van der Waals surface area (Å²) in [6, 6.07) is 9.95. The molecule has 2 aliphatic heterocycles. The van der Waals surface area contributed by atoms with E-state index in [9.17, 15) is 26.4 Å². The summed E-state index contributed by atoms with van der Waals surface area (Å²) in [5, 5.41) is 0.0591. The maximum atomic E-state index is 15.5. The number of carbonyl (C=O) groups excluding carboxylic acids is 2. The third kappa shape index (κ3) is 5.74. The SMILES string of the molecule is COc1ccc(S(=O)(=O)N2C(=O)C(c3cc(C)ccc3OC)(N3C[C@@H](F)C[C@H]3C(=O)N(C)C)c3cc(Cl)ccc32)c(OC(F)(F)F)c1. The number of carbonyl (C=O) groups is 2. The van der Waals surface area contributed by atoms with Crippen LogP contribution in [-0.4, -0.2) is 83.5 Å². The van der Waals surface area contributed by atoms with Crippen LogP contribution in [-0.2, 0) is 25.2 Å². The lowest BCUT2D eigenvalue weighted by Crippen LogP contribution is -2.59. The van der Waals surface area contributed by atoms with Crippen molar-refractivity contribution < 1.29 is 49.8 Å². The molecule has 16 heteroatoms. The van der Waals surface area contributed by atoms with E-state index < -0.39 is 63.1 Å². The zero-order valence-electron chi connectivity index (χ0n) is 25.8. The minimum absolute atomic E-state index is 0.0556. The molecule has 0 aliphatic carbocycles. The number of methoxy groups -OCH3 is 2. The van der Waals surface area contributed by atoms with Gasteiger partial charge >= 0.3 is 6.36 Å². The second kappa shape index (κ2) is 12.2. The first-order valence-corrected chi connectivity index (χ1v) is 15.9. The molecule has 1 fully saturated rings. The number of sulfonamides is 1. The molecule has 47 heavy (non-hydrogen) atoms. The van der Waals surface area contributed by atoms with E-state index in [1.807, 2.05) is 0 Å². The van der Waals surface area contributed by atoms with Gasteiger partial charge in [0.05, 0.1) is 25.9 Å². The Kier molecular flexibility index (Phi) is 8.88. The molecule has 5 rings (SSSR count). The van der Waals surface area contributed by atoms with Crippen molar-refractivity contribution in [1.82, 2.24) is 9.80 Å². The van der Waals surface area contributed by atoms with Gasteiger partial charge in [-0.3, -0.25) is 14.5 Å². The normalized spacial score (nSPS) is 21.5. The van der Waals surface area contributed by atoms with E-state index in [1.165, 1.54) is 55.3 Å². The summed E-state index contributed by atoms with van der Waals surface area (Å²) in [7, 11) is 0.142. The highest BCUT2D eigenvalue weighted by Gasteiger charge is 2.64. The monoisotopic (exact) mass is 699 g/mol. The summed E-state index contributed by atoms with van der Waals surface area (Å²) in [6.45, 7) is 1.21. The maximum Gasteiger partial charge on any atom is 0.573 e. The average molecular weight is 700 g/mol. The van der Waals surface area contributed by atoms with E-state index in [1.54, 1.807) is 19.1 Å². The Labute approximate surface area is 273 Å². The number of fused-ring (bicyclic) bond motifs is 1. The Morgan fingerprint density at radius 3 is 2.32 bits per heavy atom. The Bertz CT molecular complexity index is 1860. The van der Waals surface area contributed by atoms with Gasteiger partial charge in [0.25, 0.3) is 15.9 Å². The minimum atomic E-state index is -5.32. The molecule has 10 nitrogen and oxygen atoms in total. The van der Waals surface area contributed by atoms with Gasteiger partial charge in [0, 0.05) is 49.3 Å². The fraction of sp³-hybridized carbons (Fsp3) is 0.355. The smallest absolute Gasteiger partial charge is 0.497 e. The van der Waals surface area contributed by atoms with Crippen LogP contribution in [0.2, 0.25) is 5.02 Å². The second-order valence-electron chi connectivity index (χ2n) is 11.2. The maximum absolute atomic E-state index is 15.5. The number of aryl methyl sites for hydroxylation is 1. The van der Waals surface area contributed by atoms with Gasteiger partial charge in [-0.2, -0.15) is 0 Å². The highest BCUT2D eigenvalue weighted by molar-refractivity contribution is 7.93. The predicted molar refractivity (Wildman–Crippen MR) is 163 cm³/mol. The van der Waals surface area contributed by atoms with E-state index in [4.69, 9.17) is 21.1 Å². The van der Waals surface area contributed by atoms with Crippen LogP contribution in [0, 0.1) is 6.92 Å². The van der Waals surface area contributed by atoms with Crippen molar-refractivity contribution in [2.75, 3.05) is 39.2 Å². The van der Waals surface area contributed by atoms with Crippen LogP contribution < -0.4 is 18.5 Å². The van der Waals surface area contributed by atoms with Crippen LogP contribution >= 0.6 is 11.6 Å². The first-order valence-electron chi connectivity index (χ1n) is 14.1. The largest absolute Gasteiger partial charge is 0.573 e. The average Bonchev–Trinajstić information content (AvgIpc) is 3.50. The number of anilines is 1. The van der Waals surface area contributed by atoms with Gasteiger partial charge < -0.3 is 19.1 Å². The van der Waals surface area contributed by atoms with Crippen LogP contribution in [0.25, 0.3) is 0 Å². The molecule has 2 amide bonds. The standard InChI is InChI=1S/C31H30ClF4N3O7S/c1-17-6-10-25(45-5)22(12-17)30(38-16-19(33)14-24(38)28(40)37(2)3)21-13-18(32)7-9-23(21)39(29(30)41)47(42,43)27-11-8-20(44-4)15-26(27)46-31(34,35)36/h6-13,15,19,24H,14,16H2,1-5H3/t19-,24-,30?/m0/s1. The van der Waals surface area contributed by atoms with Crippen LogP contribution in [0.5, 0.6) is 17.2 Å². The third-order valence-electron chi connectivity index (χ3n) is 8.11. The molecule has 0 radical (unpaired) electrons. The molecule has 3 aromatic carbocycles. The van der Waals surface area contributed by atoms with Gasteiger partial charge in [-0.25, -0.2) is 17.1 Å². The van der Waals surface area contributed by atoms with Gasteiger partial charge in [-0.05, 0) is 49.4 Å². The quantitative estimate of drug-likeness (QED) is 0.301. The highest BCUT2D eigenvalue weighted by atomic mass is 35.5. The van der Waals surface area contributed by atoms with Gasteiger partial charge in [-0.15, -0.1) is 13.2 Å². The van der Waals surface area contributed by atoms with Crippen molar-refractivity contribution >= 4 is 39.1 Å². The number of hydrogen-bond acceptors (Lipinski definition) is 8. The third-order valence-corrected chi connectivity index (χ3v) is 10.1. The van der Waals surface area contributed by atoms with Gasteiger partial charge in [0.1, 0.15) is 22.6 Å². The fourth-order valence-electron chi connectivity index (χ4n) is 6.20. The predicted octanol–water partition coefficient (Wildman–Crippen LogP) is 5.04. The lowest BCUT2D eigenvalue weighted by Gasteiger charge is -2.42. The number of likely N-dealkylation sites (N-methyl/N-ethyl adjacent to an activating group) is 1. The Morgan fingerprint density at radius 2 is 1.70 bits per heavy atom. The summed E-state index contributed by atoms with van der Waals surface area (Å²) in [6.07, 6.45) is -7.27. The molecule has 2 aliphatic rings. The number of rotatable bonds is 8. The number of likely N-dealkylation sites (tertiary alicyclic amines) is 1. The second-order valence-corrected chi connectivity index (χ2v) is 13.4. The van der Waals surface area contributed by atoms with Crippen LogP contribution in [0.3, 0.4) is 0 Å². The zero-order chi connectivity index (χ0) is 34.6. The van der Waals surface area contributed by atoms with Crippen molar-refractivity contribution in [1.29, 1.82) is 0 Å². The lowest BCUT2D eigenvalue weighted by atomic mass is 9.80. The molecule has 3 aromatic rings. The topological polar surface area (TPSA) is 106 Å².